The predicted molar refractivity (Wildman–Crippen MR) is 165 cm³/mol. The van der Waals surface area contributed by atoms with Gasteiger partial charge in [-0.25, -0.2) is 14.3 Å². The number of nitrogens with zero attached hydrogens (tertiary/aromatic N) is 2. The van der Waals surface area contributed by atoms with Gasteiger partial charge in [-0.15, -0.1) is 11.3 Å². The van der Waals surface area contributed by atoms with Crippen LogP contribution in [0.4, 0.5) is 0 Å². The zero-order chi connectivity index (χ0) is 28.4. The van der Waals surface area contributed by atoms with Crippen molar-refractivity contribution in [1.82, 2.24) is 4.90 Å². The minimum absolute atomic E-state index is 0.446. The van der Waals surface area contributed by atoms with Gasteiger partial charge < -0.3 is 5.11 Å². The topological polar surface area (TPSA) is 43.5 Å². The van der Waals surface area contributed by atoms with Crippen molar-refractivity contribution in [3.8, 4) is 0 Å². The standard InChI is InChI=1S/C36H32N2O2S/c1-26-15-19-30(20-16-26)33-36(35(39)40,31-21-17-27(2)18-22-31)38(25-29-12-7-4-8-13-29)34(32-14-9-23-41-32)37(33)24-28-10-5-3-6-11-28/h3-23,33H,24-25H2,1-2H3/p+1/t33-,36-/m1/s1. The molecule has 0 bridgehead atoms. The van der Waals surface area contributed by atoms with Crippen molar-refractivity contribution >= 4 is 23.1 Å². The normalized spacial score (nSPS) is 18.6. The molecule has 0 saturated carbocycles. The zero-order valence-electron chi connectivity index (χ0n) is 23.3. The van der Waals surface area contributed by atoms with Gasteiger partial charge in [-0.05, 0) is 36.4 Å². The molecule has 4 nitrogen and oxygen atoms in total. The highest BCUT2D eigenvalue weighted by Gasteiger charge is 2.67. The lowest BCUT2D eigenvalue weighted by Crippen LogP contribution is -2.53. The fourth-order valence-electron chi connectivity index (χ4n) is 6.06. The van der Waals surface area contributed by atoms with Crippen LogP contribution in [-0.2, 0) is 23.4 Å². The monoisotopic (exact) mass is 557 g/mol. The molecule has 6 rings (SSSR count). The first-order valence-corrected chi connectivity index (χ1v) is 14.8. The van der Waals surface area contributed by atoms with Crippen molar-refractivity contribution in [2.45, 2.75) is 38.5 Å². The lowest BCUT2D eigenvalue weighted by molar-refractivity contribution is -0.586. The van der Waals surface area contributed by atoms with E-state index in [9.17, 15) is 9.90 Å². The van der Waals surface area contributed by atoms with Crippen LogP contribution >= 0.6 is 11.3 Å². The number of carboxylic acids is 1. The van der Waals surface area contributed by atoms with E-state index in [4.69, 9.17) is 0 Å². The van der Waals surface area contributed by atoms with Crippen molar-refractivity contribution in [2.75, 3.05) is 0 Å². The van der Waals surface area contributed by atoms with Gasteiger partial charge in [0.2, 0.25) is 0 Å². The third-order valence-corrected chi connectivity index (χ3v) is 8.86. The highest BCUT2D eigenvalue weighted by molar-refractivity contribution is 7.12. The SMILES string of the molecule is Cc1ccc([C@H]2[N+](Cc3ccccc3)=C(c3cccs3)N(Cc3ccccc3)[C@]2(C(=O)O)c2ccc(C)cc2)cc1. The molecule has 0 saturated heterocycles. The maximum Gasteiger partial charge on any atom is 0.362 e. The zero-order valence-corrected chi connectivity index (χ0v) is 24.1. The van der Waals surface area contributed by atoms with Crippen molar-refractivity contribution < 1.29 is 14.5 Å². The van der Waals surface area contributed by atoms with E-state index in [1.165, 1.54) is 0 Å². The van der Waals surface area contributed by atoms with Crippen LogP contribution in [0.3, 0.4) is 0 Å². The highest BCUT2D eigenvalue weighted by atomic mass is 32.1. The Morgan fingerprint density at radius 3 is 1.93 bits per heavy atom. The number of aliphatic carboxylic acids is 1. The minimum atomic E-state index is -1.40. The van der Waals surface area contributed by atoms with Gasteiger partial charge in [-0.3, -0.25) is 0 Å². The fourth-order valence-corrected chi connectivity index (χ4v) is 6.85. The summed E-state index contributed by atoms with van der Waals surface area (Å²) in [5.41, 5.74) is 4.76. The van der Waals surface area contributed by atoms with Crippen LogP contribution in [0.5, 0.6) is 0 Å². The summed E-state index contributed by atoms with van der Waals surface area (Å²) in [6.07, 6.45) is 0. The molecule has 0 fully saturated rings. The molecule has 4 aromatic carbocycles. The number of carboxylic acid groups (broad SMARTS) is 1. The summed E-state index contributed by atoms with van der Waals surface area (Å²) in [7, 11) is 0. The van der Waals surface area contributed by atoms with E-state index in [0.29, 0.717) is 13.1 Å². The number of aryl methyl sites for hydroxylation is 2. The molecule has 0 amide bonds. The van der Waals surface area contributed by atoms with Gasteiger partial charge in [-0.1, -0.05) is 126 Å². The Bertz CT molecular complexity index is 1660. The number of hydrogen-bond acceptors (Lipinski definition) is 3. The second-order valence-electron chi connectivity index (χ2n) is 10.7. The molecule has 5 heteroatoms. The molecule has 0 unspecified atom stereocenters. The number of rotatable bonds is 8. The van der Waals surface area contributed by atoms with Crippen LogP contribution < -0.4 is 0 Å². The lowest BCUT2D eigenvalue weighted by atomic mass is 9.78. The van der Waals surface area contributed by atoms with E-state index in [-0.39, 0.29) is 0 Å². The van der Waals surface area contributed by atoms with E-state index < -0.39 is 17.6 Å². The molecule has 2 atom stereocenters. The average molecular weight is 558 g/mol. The molecular formula is C36H33N2O2S+. The number of hydrogen-bond donors (Lipinski definition) is 1. The Morgan fingerprint density at radius 1 is 0.780 bits per heavy atom. The Balaban J connectivity index is 1.70. The largest absolute Gasteiger partial charge is 0.477 e. The average Bonchev–Trinajstić information content (AvgIpc) is 3.60. The first-order chi connectivity index (χ1) is 20.0. The van der Waals surface area contributed by atoms with Crippen LogP contribution in [0, 0.1) is 13.8 Å². The van der Waals surface area contributed by atoms with E-state index in [1.807, 2.05) is 73.7 Å². The van der Waals surface area contributed by atoms with Crippen LogP contribution in [0.25, 0.3) is 0 Å². The first kappa shape index (κ1) is 26.7. The Morgan fingerprint density at radius 2 is 1.37 bits per heavy atom. The number of thiophene rings is 1. The molecule has 0 radical (unpaired) electrons. The third-order valence-electron chi connectivity index (χ3n) is 7.99. The smallest absolute Gasteiger partial charge is 0.362 e. The summed E-state index contributed by atoms with van der Waals surface area (Å²) in [5.74, 6) is 0.0636. The number of carbonyl (C=O) groups is 1. The summed E-state index contributed by atoms with van der Waals surface area (Å²) in [6, 6.07) is 40.6. The summed E-state index contributed by atoms with van der Waals surface area (Å²) in [6.45, 7) is 5.12. The summed E-state index contributed by atoms with van der Waals surface area (Å²) in [5, 5.41) is 13.6. The Labute approximate surface area is 245 Å². The van der Waals surface area contributed by atoms with Gasteiger partial charge in [0.25, 0.3) is 11.4 Å². The van der Waals surface area contributed by atoms with Crippen molar-refractivity contribution in [2.24, 2.45) is 0 Å². The van der Waals surface area contributed by atoms with Gasteiger partial charge in [0.05, 0.1) is 0 Å². The minimum Gasteiger partial charge on any atom is -0.477 e. The first-order valence-electron chi connectivity index (χ1n) is 13.9. The van der Waals surface area contributed by atoms with Gasteiger partial charge in [0.15, 0.2) is 6.04 Å². The molecule has 41 heavy (non-hydrogen) atoms. The summed E-state index contributed by atoms with van der Waals surface area (Å²) >= 11 is 1.65. The van der Waals surface area contributed by atoms with Gasteiger partial charge >= 0.3 is 5.97 Å². The predicted octanol–water partition coefficient (Wildman–Crippen LogP) is 7.56. The van der Waals surface area contributed by atoms with Crippen molar-refractivity contribution in [3.63, 3.8) is 0 Å². The molecule has 2 heterocycles. The molecule has 1 aliphatic heterocycles. The molecule has 1 N–H and O–H groups in total. The van der Waals surface area contributed by atoms with Crippen molar-refractivity contribution in [3.05, 3.63) is 165 Å². The van der Waals surface area contributed by atoms with Gasteiger partial charge in [0.1, 0.15) is 18.0 Å². The highest BCUT2D eigenvalue weighted by Crippen LogP contribution is 2.50. The lowest BCUT2D eigenvalue weighted by Gasteiger charge is -2.35. The quantitative estimate of drug-likeness (QED) is 0.200. The molecule has 0 aliphatic carbocycles. The molecule has 5 aromatic rings. The van der Waals surface area contributed by atoms with Crippen LogP contribution in [-0.4, -0.2) is 26.4 Å². The molecular weight excluding hydrogens is 524 g/mol. The summed E-state index contributed by atoms with van der Waals surface area (Å²) < 4.78 is 2.32. The van der Waals surface area contributed by atoms with E-state index in [1.54, 1.807) is 11.3 Å². The van der Waals surface area contributed by atoms with E-state index >= 15 is 0 Å². The van der Waals surface area contributed by atoms with E-state index in [0.717, 1.165) is 44.1 Å². The summed E-state index contributed by atoms with van der Waals surface area (Å²) in [4.78, 5) is 17.3. The molecule has 204 valence electrons. The van der Waals surface area contributed by atoms with Crippen LogP contribution in [0.2, 0.25) is 0 Å². The van der Waals surface area contributed by atoms with Gasteiger partial charge in [0, 0.05) is 11.1 Å². The van der Waals surface area contributed by atoms with Gasteiger partial charge in [-0.2, -0.15) is 0 Å². The number of benzene rings is 4. The van der Waals surface area contributed by atoms with E-state index in [2.05, 4.69) is 76.4 Å². The number of amidine groups is 1. The Kier molecular flexibility index (Phi) is 7.29. The second kappa shape index (κ2) is 11.2. The maximum absolute atomic E-state index is 14.1. The fraction of sp³-hybridized carbons (Fsp3) is 0.167. The maximum atomic E-state index is 14.1. The van der Waals surface area contributed by atoms with Crippen LogP contribution in [0.15, 0.2) is 127 Å². The van der Waals surface area contributed by atoms with Crippen LogP contribution in [0.1, 0.15) is 44.3 Å². The third kappa shape index (κ3) is 4.87. The molecule has 1 aliphatic rings. The molecule has 1 aromatic heterocycles. The molecule has 0 spiro atoms. The van der Waals surface area contributed by atoms with Crippen molar-refractivity contribution in [1.29, 1.82) is 0 Å². The second-order valence-corrected chi connectivity index (χ2v) is 11.7. The Hall–Kier alpha value is -4.48.